The third kappa shape index (κ3) is 19.0. The molecule has 0 aliphatic carbocycles. The molecular formula is C70H90N10O12. The molecule has 4 aromatic heterocycles. The molecule has 1 fully saturated rings. The van der Waals surface area contributed by atoms with Crippen LogP contribution in [0, 0.1) is 23.7 Å². The van der Waals surface area contributed by atoms with Gasteiger partial charge in [0.05, 0.1) is 24.5 Å². The van der Waals surface area contributed by atoms with Crippen LogP contribution in [-0.4, -0.2) is 173 Å². The van der Waals surface area contributed by atoms with Gasteiger partial charge in [0.1, 0.15) is 24.2 Å². The molecule has 22 nitrogen and oxygen atoms in total. The lowest BCUT2D eigenvalue weighted by Crippen LogP contribution is -2.55. The van der Waals surface area contributed by atoms with E-state index < -0.39 is 96.1 Å². The first-order valence-corrected chi connectivity index (χ1v) is 31.6. The minimum absolute atomic E-state index is 0.0679. The molecule has 0 unspecified atom stereocenters. The number of cyclic esters (lactones) is 4. The van der Waals surface area contributed by atoms with Gasteiger partial charge in [-0.1, -0.05) is 104 Å². The smallest absolute Gasteiger partial charge is 0.329 e. The SMILES string of the molecule is CC(C)C[C@H]1C(=O)O[C@H](Cc2ccc(Cn3ccc(-c4ccncc4)n3)cc2)C(=O)N(C)[C@@H](CC(C)C)C(=O)O[C@H](C)C(=O)N(C)[C@@H](CC(C)C)C(=O)O[C@H](Cc2ccc(Cn3ccc(-c4ccncc4)n3)cc2)C(=O)N(C)[C@@H](CC(C)C)C(=O)O[C@H](C)C(=O)N1C. The molecule has 0 spiro atoms. The molecule has 5 heterocycles. The van der Waals surface area contributed by atoms with Crippen LogP contribution in [-0.2, 0) is 83.2 Å². The third-order valence-corrected chi connectivity index (χ3v) is 16.3. The van der Waals surface area contributed by atoms with E-state index in [-0.39, 0.29) is 62.2 Å². The van der Waals surface area contributed by atoms with E-state index >= 15 is 9.59 Å². The molecule has 0 saturated carbocycles. The molecule has 8 atom stereocenters. The van der Waals surface area contributed by atoms with E-state index in [4.69, 9.17) is 29.1 Å². The Morgan fingerprint density at radius 3 is 0.935 bits per heavy atom. The Kier molecular flexibility index (Phi) is 24.7. The van der Waals surface area contributed by atoms with E-state index in [1.807, 2.05) is 128 Å². The van der Waals surface area contributed by atoms with Crippen molar-refractivity contribution in [2.24, 2.45) is 23.7 Å². The highest BCUT2D eigenvalue weighted by Gasteiger charge is 2.43. The number of benzene rings is 2. The van der Waals surface area contributed by atoms with E-state index in [2.05, 4.69) is 9.97 Å². The Balaban J connectivity index is 1.22. The molecule has 0 radical (unpaired) electrons. The van der Waals surface area contributed by atoms with E-state index in [9.17, 15) is 28.8 Å². The normalized spacial score (nSPS) is 21.7. The van der Waals surface area contributed by atoms with Gasteiger partial charge in [0.15, 0.2) is 24.4 Å². The molecule has 2 aromatic carbocycles. The largest absolute Gasteiger partial charge is 0.451 e. The Morgan fingerprint density at radius 2 is 0.641 bits per heavy atom. The maximum absolute atomic E-state index is 15.2. The van der Waals surface area contributed by atoms with Crippen LogP contribution in [0.5, 0.6) is 0 Å². The predicted octanol–water partition coefficient (Wildman–Crippen LogP) is 8.28. The van der Waals surface area contributed by atoms with Crippen LogP contribution >= 0.6 is 0 Å². The van der Waals surface area contributed by atoms with Crippen LogP contribution < -0.4 is 0 Å². The number of likely N-dealkylation sites (N-methyl/N-ethyl adjacent to an activating group) is 4. The molecule has 1 saturated heterocycles. The van der Waals surface area contributed by atoms with Gasteiger partial charge in [-0.25, -0.2) is 19.2 Å². The van der Waals surface area contributed by atoms with Gasteiger partial charge in [0, 0.05) is 89.3 Å². The second kappa shape index (κ2) is 32.3. The van der Waals surface area contributed by atoms with Gasteiger partial charge in [-0.05, 0) is 122 Å². The van der Waals surface area contributed by atoms with E-state index in [1.165, 1.54) is 42.0 Å². The summed E-state index contributed by atoms with van der Waals surface area (Å²) in [5.74, 6) is -7.59. The van der Waals surface area contributed by atoms with Crippen molar-refractivity contribution in [3.8, 4) is 22.5 Å². The summed E-state index contributed by atoms with van der Waals surface area (Å²) in [6.07, 6.45) is 4.37. The zero-order valence-corrected chi connectivity index (χ0v) is 55.5. The highest BCUT2D eigenvalue weighted by Crippen LogP contribution is 2.26. The van der Waals surface area contributed by atoms with Crippen molar-refractivity contribution in [1.29, 1.82) is 0 Å². The number of rotatable bonds is 18. The van der Waals surface area contributed by atoms with Crippen molar-refractivity contribution < 1.29 is 57.3 Å². The second-order valence-electron chi connectivity index (χ2n) is 25.7. The fraction of sp³-hybridized carbons (Fsp3) is 0.486. The van der Waals surface area contributed by atoms with E-state index in [1.54, 1.807) is 58.4 Å². The minimum atomic E-state index is -1.56. The summed E-state index contributed by atoms with van der Waals surface area (Å²) in [6, 6.07) is 20.8. The van der Waals surface area contributed by atoms with E-state index in [0.29, 0.717) is 24.2 Å². The summed E-state index contributed by atoms with van der Waals surface area (Å²) in [6.45, 7) is 18.4. The van der Waals surface area contributed by atoms with Gasteiger partial charge in [0.2, 0.25) is 0 Å². The van der Waals surface area contributed by atoms with Gasteiger partial charge in [-0.2, -0.15) is 10.2 Å². The molecule has 22 heteroatoms. The number of carbonyl (C=O) groups excluding carboxylic acids is 8. The topological polar surface area (TPSA) is 248 Å². The van der Waals surface area contributed by atoms with Crippen molar-refractivity contribution in [1.82, 2.24) is 49.1 Å². The molecule has 4 amide bonds. The lowest BCUT2D eigenvalue weighted by Gasteiger charge is -2.35. The van der Waals surface area contributed by atoms with Crippen LogP contribution in [0.1, 0.15) is 117 Å². The monoisotopic (exact) mass is 1260 g/mol. The number of carbonyl (C=O) groups is 8. The maximum Gasteiger partial charge on any atom is 0.329 e. The molecule has 0 N–H and O–H groups in total. The number of aromatic nitrogens is 6. The Bertz CT molecular complexity index is 3220. The highest BCUT2D eigenvalue weighted by atomic mass is 16.6. The standard InChI is InChI=1S/C70H90N10O12/c1-43(2)35-57-67(85)89-47(9)63(81)75(11)60(38-46(7)8)70(88)92-62(40-50-17-21-52(22-18-50)42-80-34-28-56(74-80)54-25-31-72-32-26-54)66(84)78(14)58(36-44(3)4)68(86)90-48(10)64(82)76(12)59(37-45(5)6)69(87)91-61(65(83)77(57)13)39-49-15-19-51(20-16-49)41-79-33-27-55(73-79)53-23-29-71-30-24-53/h15-34,43-48,57-62H,35-42H2,1-14H3/t47-,48-,57+,58+,59+,60+,61-,62-/m1/s1. The first-order valence-electron chi connectivity index (χ1n) is 31.6. The molecule has 1 aliphatic heterocycles. The summed E-state index contributed by atoms with van der Waals surface area (Å²) in [5, 5.41) is 9.44. The van der Waals surface area contributed by atoms with Crippen molar-refractivity contribution in [3.05, 3.63) is 144 Å². The summed E-state index contributed by atoms with van der Waals surface area (Å²) in [4.78, 5) is 131. The highest BCUT2D eigenvalue weighted by molar-refractivity contribution is 5.94. The third-order valence-electron chi connectivity index (χ3n) is 16.3. The van der Waals surface area contributed by atoms with Crippen LogP contribution in [0.15, 0.2) is 122 Å². The minimum Gasteiger partial charge on any atom is -0.451 e. The van der Waals surface area contributed by atoms with Crippen LogP contribution in [0.25, 0.3) is 22.5 Å². The number of esters is 4. The first kappa shape index (κ1) is 70.4. The number of nitrogens with zero attached hydrogens (tertiary/aromatic N) is 10. The average Bonchev–Trinajstić information content (AvgIpc) is 1.20. The molecular weight excluding hydrogens is 1170 g/mol. The Labute approximate surface area is 539 Å². The Hall–Kier alpha value is -9.08. The first-order chi connectivity index (χ1) is 43.7. The summed E-state index contributed by atoms with van der Waals surface area (Å²) < 4.78 is 28.0. The zero-order valence-electron chi connectivity index (χ0n) is 55.5. The summed E-state index contributed by atoms with van der Waals surface area (Å²) in [7, 11) is 5.57. The molecule has 0 bridgehead atoms. The lowest BCUT2D eigenvalue weighted by molar-refractivity contribution is -0.176. The summed E-state index contributed by atoms with van der Waals surface area (Å²) in [5.41, 5.74) is 6.36. The Morgan fingerprint density at radius 1 is 0.370 bits per heavy atom. The summed E-state index contributed by atoms with van der Waals surface area (Å²) >= 11 is 0. The quantitative estimate of drug-likeness (QED) is 0.0580. The molecule has 492 valence electrons. The van der Waals surface area contributed by atoms with Crippen molar-refractivity contribution in [2.45, 2.75) is 169 Å². The molecule has 92 heavy (non-hydrogen) atoms. The fourth-order valence-electron chi connectivity index (χ4n) is 11.1. The van der Waals surface area contributed by atoms with Gasteiger partial charge >= 0.3 is 23.9 Å². The van der Waals surface area contributed by atoms with Crippen molar-refractivity contribution in [2.75, 3.05) is 28.2 Å². The number of amides is 4. The second-order valence-corrected chi connectivity index (χ2v) is 25.7. The van der Waals surface area contributed by atoms with Crippen LogP contribution in [0.3, 0.4) is 0 Å². The van der Waals surface area contributed by atoms with Crippen molar-refractivity contribution in [3.63, 3.8) is 0 Å². The van der Waals surface area contributed by atoms with Gasteiger partial charge in [0.25, 0.3) is 23.6 Å². The average molecular weight is 1260 g/mol. The van der Waals surface area contributed by atoms with Gasteiger partial charge in [-0.3, -0.25) is 38.5 Å². The fourth-order valence-corrected chi connectivity index (χ4v) is 11.1. The molecule has 1 aliphatic rings. The van der Waals surface area contributed by atoms with Gasteiger partial charge < -0.3 is 38.5 Å². The number of hydrogen-bond acceptors (Lipinski definition) is 16. The maximum atomic E-state index is 15.2. The van der Waals surface area contributed by atoms with Crippen LogP contribution in [0.2, 0.25) is 0 Å². The number of hydrogen-bond donors (Lipinski definition) is 0. The lowest BCUT2D eigenvalue weighted by atomic mass is 9.99. The number of ether oxygens (including phenoxy) is 4. The predicted molar refractivity (Wildman–Crippen MR) is 344 cm³/mol. The zero-order chi connectivity index (χ0) is 67.1. The van der Waals surface area contributed by atoms with Crippen LogP contribution in [0.4, 0.5) is 0 Å². The number of pyridine rings is 2. The van der Waals surface area contributed by atoms with Gasteiger partial charge in [-0.15, -0.1) is 0 Å². The molecule has 7 rings (SSSR count). The van der Waals surface area contributed by atoms with E-state index in [0.717, 1.165) is 53.2 Å². The molecule has 6 aromatic rings. The van der Waals surface area contributed by atoms with Crippen molar-refractivity contribution >= 4 is 47.5 Å².